The number of carbonyl (C=O) groups is 1. The molecule has 0 aromatic heterocycles. The van der Waals surface area contributed by atoms with Crippen LogP contribution in [0.4, 0.5) is 0 Å². The van der Waals surface area contributed by atoms with Gasteiger partial charge in [0.25, 0.3) is 0 Å². The van der Waals surface area contributed by atoms with E-state index in [9.17, 15) is 4.79 Å². The van der Waals surface area contributed by atoms with Crippen molar-refractivity contribution in [3.63, 3.8) is 0 Å². The Morgan fingerprint density at radius 2 is 2.07 bits per heavy atom. The van der Waals surface area contributed by atoms with Gasteiger partial charge in [0, 0.05) is 12.0 Å². The molecule has 15 heavy (non-hydrogen) atoms. The zero-order chi connectivity index (χ0) is 11.9. The summed E-state index contributed by atoms with van der Waals surface area (Å²) in [7, 11) is 0. The van der Waals surface area contributed by atoms with Crippen molar-refractivity contribution in [2.75, 3.05) is 6.54 Å². The molecule has 2 atom stereocenters. The van der Waals surface area contributed by atoms with Crippen LogP contribution in [0.2, 0.25) is 0 Å². The van der Waals surface area contributed by atoms with Crippen LogP contribution < -0.4 is 11.1 Å². The van der Waals surface area contributed by atoms with E-state index in [4.69, 9.17) is 5.73 Å². The van der Waals surface area contributed by atoms with E-state index in [2.05, 4.69) is 33.0 Å². The maximum Gasteiger partial charge on any atom is 0.220 e. The predicted molar refractivity (Wildman–Crippen MR) is 64.6 cm³/mol. The van der Waals surface area contributed by atoms with Crippen molar-refractivity contribution >= 4 is 5.91 Å². The van der Waals surface area contributed by atoms with Gasteiger partial charge in [-0.2, -0.15) is 0 Å². The molecule has 90 valence electrons. The fourth-order valence-corrected chi connectivity index (χ4v) is 1.49. The lowest BCUT2D eigenvalue weighted by Gasteiger charge is -2.29. The minimum absolute atomic E-state index is 0.126. The van der Waals surface area contributed by atoms with Crippen LogP contribution in [-0.4, -0.2) is 18.0 Å². The van der Waals surface area contributed by atoms with Crippen LogP contribution >= 0.6 is 0 Å². The molecule has 0 bridgehead atoms. The van der Waals surface area contributed by atoms with E-state index < -0.39 is 0 Å². The number of hydrogen-bond acceptors (Lipinski definition) is 2. The van der Waals surface area contributed by atoms with Crippen LogP contribution in [0.3, 0.4) is 0 Å². The van der Waals surface area contributed by atoms with E-state index >= 15 is 0 Å². The fraction of sp³-hybridized carbons (Fsp3) is 0.917. The average molecular weight is 214 g/mol. The van der Waals surface area contributed by atoms with Crippen molar-refractivity contribution in [3.8, 4) is 0 Å². The second-order valence-electron chi connectivity index (χ2n) is 4.72. The molecule has 0 rings (SSSR count). The van der Waals surface area contributed by atoms with E-state index in [0.29, 0.717) is 18.9 Å². The highest BCUT2D eigenvalue weighted by molar-refractivity contribution is 5.76. The largest absolute Gasteiger partial charge is 0.351 e. The first-order chi connectivity index (χ1) is 6.97. The van der Waals surface area contributed by atoms with Crippen molar-refractivity contribution < 1.29 is 4.79 Å². The van der Waals surface area contributed by atoms with Crippen molar-refractivity contribution in [1.82, 2.24) is 5.32 Å². The second kappa shape index (κ2) is 6.83. The summed E-state index contributed by atoms with van der Waals surface area (Å²) in [5.74, 6) is 0.617. The summed E-state index contributed by atoms with van der Waals surface area (Å²) < 4.78 is 0. The van der Waals surface area contributed by atoms with Gasteiger partial charge in [0.15, 0.2) is 0 Å². The van der Waals surface area contributed by atoms with Crippen LogP contribution in [0, 0.1) is 5.92 Å². The Labute approximate surface area is 93.8 Å². The van der Waals surface area contributed by atoms with E-state index in [0.717, 1.165) is 19.3 Å². The van der Waals surface area contributed by atoms with E-state index in [1.165, 1.54) is 0 Å². The molecule has 3 nitrogen and oxygen atoms in total. The second-order valence-corrected chi connectivity index (χ2v) is 4.72. The number of carbonyl (C=O) groups excluding carboxylic acids is 1. The summed E-state index contributed by atoms with van der Waals surface area (Å²) in [6, 6.07) is 0. The van der Waals surface area contributed by atoms with Gasteiger partial charge in [0.1, 0.15) is 0 Å². The van der Waals surface area contributed by atoms with Crippen LogP contribution in [-0.2, 0) is 4.79 Å². The SMILES string of the molecule is CCC(C)CC(=O)NC(C)(CC)CCN. The zero-order valence-corrected chi connectivity index (χ0v) is 10.6. The van der Waals surface area contributed by atoms with Gasteiger partial charge in [-0.1, -0.05) is 27.2 Å². The third-order valence-electron chi connectivity index (χ3n) is 3.15. The Hall–Kier alpha value is -0.570. The highest BCUT2D eigenvalue weighted by Gasteiger charge is 2.23. The lowest BCUT2D eigenvalue weighted by Crippen LogP contribution is -2.47. The van der Waals surface area contributed by atoms with Gasteiger partial charge < -0.3 is 11.1 Å². The third-order valence-corrected chi connectivity index (χ3v) is 3.15. The summed E-state index contributed by atoms with van der Waals surface area (Å²) in [4.78, 5) is 11.7. The van der Waals surface area contributed by atoms with Crippen molar-refractivity contribution in [2.45, 2.75) is 58.9 Å². The van der Waals surface area contributed by atoms with Gasteiger partial charge in [-0.3, -0.25) is 4.79 Å². The lowest BCUT2D eigenvalue weighted by molar-refractivity contribution is -0.123. The maximum absolute atomic E-state index is 11.7. The molecule has 2 unspecified atom stereocenters. The van der Waals surface area contributed by atoms with Gasteiger partial charge in [-0.25, -0.2) is 0 Å². The first kappa shape index (κ1) is 14.4. The highest BCUT2D eigenvalue weighted by Crippen LogP contribution is 2.15. The molecular weight excluding hydrogens is 188 g/mol. The van der Waals surface area contributed by atoms with Crippen LogP contribution in [0.25, 0.3) is 0 Å². The van der Waals surface area contributed by atoms with Gasteiger partial charge in [-0.05, 0) is 32.2 Å². The van der Waals surface area contributed by atoms with Gasteiger partial charge in [0.05, 0.1) is 0 Å². The molecule has 0 spiro atoms. The monoisotopic (exact) mass is 214 g/mol. The Balaban J connectivity index is 4.12. The molecule has 0 aromatic rings. The maximum atomic E-state index is 11.7. The van der Waals surface area contributed by atoms with E-state index in [1.54, 1.807) is 0 Å². The minimum Gasteiger partial charge on any atom is -0.351 e. The number of nitrogens with one attached hydrogen (secondary N) is 1. The fourth-order valence-electron chi connectivity index (χ4n) is 1.49. The summed E-state index contributed by atoms with van der Waals surface area (Å²) in [5, 5.41) is 3.09. The first-order valence-electron chi connectivity index (χ1n) is 5.98. The molecule has 0 aliphatic rings. The molecule has 0 aromatic carbocycles. The van der Waals surface area contributed by atoms with Crippen molar-refractivity contribution in [3.05, 3.63) is 0 Å². The van der Waals surface area contributed by atoms with Crippen molar-refractivity contribution in [2.24, 2.45) is 11.7 Å². The standard InChI is InChI=1S/C12H26N2O/c1-5-10(3)9-11(15)14-12(4,6-2)7-8-13/h10H,5-9,13H2,1-4H3,(H,14,15). The molecule has 0 saturated heterocycles. The Morgan fingerprint density at radius 1 is 1.47 bits per heavy atom. The number of hydrogen-bond donors (Lipinski definition) is 2. The first-order valence-corrected chi connectivity index (χ1v) is 5.98. The molecular formula is C12H26N2O. The van der Waals surface area contributed by atoms with E-state index in [-0.39, 0.29) is 11.4 Å². The summed E-state index contributed by atoms with van der Waals surface area (Å²) >= 11 is 0. The predicted octanol–water partition coefficient (Wildman–Crippen LogP) is 2.06. The normalized spacial score (nSPS) is 16.9. The van der Waals surface area contributed by atoms with Crippen molar-refractivity contribution in [1.29, 1.82) is 0 Å². The van der Waals surface area contributed by atoms with Gasteiger partial charge >= 0.3 is 0 Å². The molecule has 0 radical (unpaired) electrons. The van der Waals surface area contributed by atoms with E-state index in [1.807, 2.05) is 0 Å². The molecule has 1 amide bonds. The number of rotatable bonds is 7. The Morgan fingerprint density at radius 3 is 2.47 bits per heavy atom. The summed E-state index contributed by atoms with van der Waals surface area (Å²) in [6.07, 6.45) is 3.44. The minimum atomic E-state index is -0.126. The third kappa shape index (κ3) is 5.78. The molecule has 0 saturated carbocycles. The van der Waals surface area contributed by atoms with Crippen LogP contribution in [0.5, 0.6) is 0 Å². The summed E-state index contributed by atoms with van der Waals surface area (Å²) in [6.45, 7) is 8.98. The van der Waals surface area contributed by atoms with Gasteiger partial charge in [0.2, 0.25) is 5.91 Å². The Bertz CT molecular complexity index is 194. The zero-order valence-electron chi connectivity index (χ0n) is 10.6. The molecule has 3 heteroatoms. The average Bonchev–Trinajstić information content (AvgIpc) is 2.17. The molecule has 0 fully saturated rings. The molecule has 0 aliphatic heterocycles. The number of amides is 1. The molecule has 0 heterocycles. The highest BCUT2D eigenvalue weighted by atomic mass is 16.1. The van der Waals surface area contributed by atoms with Crippen LogP contribution in [0.1, 0.15) is 53.4 Å². The number of nitrogens with two attached hydrogens (primary N) is 1. The lowest BCUT2D eigenvalue weighted by atomic mass is 9.93. The molecule has 3 N–H and O–H groups in total. The summed E-state index contributed by atoms with van der Waals surface area (Å²) in [5.41, 5.74) is 5.42. The van der Waals surface area contributed by atoms with Crippen LogP contribution in [0.15, 0.2) is 0 Å². The quantitative estimate of drug-likeness (QED) is 0.681. The Kier molecular flexibility index (Phi) is 6.57. The van der Waals surface area contributed by atoms with Gasteiger partial charge in [-0.15, -0.1) is 0 Å². The molecule has 0 aliphatic carbocycles. The smallest absolute Gasteiger partial charge is 0.220 e. The topological polar surface area (TPSA) is 55.1 Å².